The maximum Gasteiger partial charge on any atom is 0.300 e. The van der Waals surface area contributed by atoms with Crippen LogP contribution in [0.5, 0.6) is 0 Å². The summed E-state index contributed by atoms with van der Waals surface area (Å²) in [6.07, 6.45) is 3.02. The molecule has 0 spiro atoms. The summed E-state index contributed by atoms with van der Waals surface area (Å²) in [5.41, 5.74) is 3.14. The second kappa shape index (κ2) is 6.26. The summed E-state index contributed by atoms with van der Waals surface area (Å²) in [5.74, 6) is -1.60. The molecule has 25 heavy (non-hydrogen) atoms. The third-order valence-corrected chi connectivity index (χ3v) is 4.71. The zero-order chi connectivity index (χ0) is 17.4. The molecule has 0 fully saturated rings. The highest BCUT2D eigenvalue weighted by molar-refractivity contribution is 6.52. The van der Waals surface area contributed by atoms with Crippen LogP contribution < -0.4 is 4.90 Å². The number of carbonyl (C=O) groups excluding carboxylic acids is 2. The molecule has 2 aliphatic heterocycles. The van der Waals surface area contributed by atoms with E-state index in [9.17, 15) is 14.0 Å². The Bertz CT molecular complexity index is 877. The number of fused-ring (bicyclic) bond motifs is 1. The van der Waals surface area contributed by atoms with Crippen LogP contribution in [0.25, 0.3) is 5.57 Å². The van der Waals surface area contributed by atoms with Crippen LogP contribution in [0.3, 0.4) is 0 Å². The highest BCUT2D eigenvalue weighted by atomic mass is 19.1. The van der Waals surface area contributed by atoms with Gasteiger partial charge in [0.2, 0.25) is 0 Å². The summed E-state index contributed by atoms with van der Waals surface area (Å²) >= 11 is 0. The van der Waals surface area contributed by atoms with E-state index in [1.165, 1.54) is 34.2 Å². The third kappa shape index (κ3) is 2.87. The maximum atomic E-state index is 13.5. The summed E-state index contributed by atoms with van der Waals surface area (Å²) < 4.78 is 13.5. The van der Waals surface area contributed by atoms with E-state index in [-0.39, 0.29) is 5.56 Å². The molecule has 0 radical (unpaired) electrons. The number of benzene rings is 2. The van der Waals surface area contributed by atoms with Crippen LogP contribution in [0.1, 0.15) is 22.3 Å². The van der Waals surface area contributed by atoms with Crippen LogP contribution in [0.15, 0.2) is 54.6 Å². The summed E-state index contributed by atoms with van der Waals surface area (Å²) in [7, 11) is 0. The zero-order valence-electron chi connectivity index (χ0n) is 13.6. The molecular formula is C20H17FN2O2. The van der Waals surface area contributed by atoms with Crippen LogP contribution in [0.2, 0.25) is 0 Å². The van der Waals surface area contributed by atoms with Gasteiger partial charge in [0, 0.05) is 13.1 Å². The van der Waals surface area contributed by atoms with Crippen LogP contribution >= 0.6 is 0 Å². The molecule has 1 amide bonds. The molecule has 2 aliphatic rings. The number of amides is 1. The average molecular weight is 336 g/mol. The Morgan fingerprint density at radius 3 is 2.56 bits per heavy atom. The Balaban J connectivity index is 1.51. The zero-order valence-corrected chi connectivity index (χ0v) is 13.6. The van der Waals surface area contributed by atoms with Gasteiger partial charge in [0.1, 0.15) is 5.82 Å². The molecule has 0 aromatic heterocycles. The fourth-order valence-corrected chi connectivity index (χ4v) is 3.36. The number of ketones is 1. The van der Waals surface area contributed by atoms with Gasteiger partial charge in [-0.15, -0.1) is 0 Å². The molecule has 0 atom stereocenters. The SMILES string of the molecule is O=C1C(=O)N(CN2CC=C(c3ccccc3)CC2)c2cc(F)ccc21. The molecule has 2 aromatic rings. The molecule has 0 N–H and O–H groups in total. The van der Waals surface area contributed by atoms with Crippen molar-refractivity contribution in [3.8, 4) is 0 Å². The lowest BCUT2D eigenvalue weighted by atomic mass is 10.00. The van der Waals surface area contributed by atoms with Gasteiger partial charge in [0.15, 0.2) is 0 Å². The molecular weight excluding hydrogens is 319 g/mol. The van der Waals surface area contributed by atoms with Gasteiger partial charge in [0.25, 0.3) is 5.78 Å². The molecule has 0 saturated carbocycles. The van der Waals surface area contributed by atoms with E-state index in [4.69, 9.17) is 0 Å². The highest BCUT2D eigenvalue weighted by Gasteiger charge is 2.36. The van der Waals surface area contributed by atoms with Crippen molar-refractivity contribution in [3.05, 3.63) is 71.6 Å². The van der Waals surface area contributed by atoms with Gasteiger partial charge < -0.3 is 0 Å². The number of halogens is 1. The lowest BCUT2D eigenvalue weighted by molar-refractivity contribution is -0.114. The van der Waals surface area contributed by atoms with Crippen molar-refractivity contribution < 1.29 is 14.0 Å². The average Bonchev–Trinajstić information content (AvgIpc) is 2.87. The Labute approximate surface area is 145 Å². The highest BCUT2D eigenvalue weighted by Crippen LogP contribution is 2.30. The predicted octanol–water partition coefficient (Wildman–Crippen LogP) is 3.10. The summed E-state index contributed by atoms with van der Waals surface area (Å²) in [5, 5.41) is 0. The number of carbonyl (C=O) groups is 2. The third-order valence-electron chi connectivity index (χ3n) is 4.71. The van der Waals surface area contributed by atoms with Crippen LogP contribution in [0, 0.1) is 5.82 Å². The van der Waals surface area contributed by atoms with Crippen LogP contribution in [-0.4, -0.2) is 36.3 Å². The molecule has 126 valence electrons. The Morgan fingerprint density at radius 1 is 1.04 bits per heavy atom. The van der Waals surface area contributed by atoms with E-state index >= 15 is 0 Å². The molecule has 5 heteroatoms. The number of nitrogens with zero attached hydrogens (tertiary/aromatic N) is 2. The standard InChI is InChI=1S/C20H17FN2O2/c21-16-6-7-17-18(12-16)23(20(25)19(17)24)13-22-10-8-15(9-11-22)14-4-2-1-3-5-14/h1-8,12H,9-11,13H2. The number of hydrogen-bond donors (Lipinski definition) is 0. The predicted molar refractivity (Wildman–Crippen MR) is 93.7 cm³/mol. The molecule has 2 aromatic carbocycles. The lowest BCUT2D eigenvalue weighted by Crippen LogP contribution is -2.42. The van der Waals surface area contributed by atoms with Crippen molar-refractivity contribution in [1.82, 2.24) is 4.90 Å². The summed E-state index contributed by atoms with van der Waals surface area (Å²) in [6.45, 7) is 1.76. The van der Waals surface area contributed by atoms with Crippen molar-refractivity contribution >= 4 is 23.0 Å². The van der Waals surface area contributed by atoms with E-state index in [1.54, 1.807) is 0 Å². The molecule has 0 saturated heterocycles. The van der Waals surface area contributed by atoms with Crippen LogP contribution in [0.4, 0.5) is 10.1 Å². The summed E-state index contributed by atoms with van der Waals surface area (Å²) in [6, 6.07) is 14.0. The molecule has 4 nitrogen and oxygen atoms in total. The fourth-order valence-electron chi connectivity index (χ4n) is 3.36. The molecule has 4 rings (SSSR count). The van der Waals surface area contributed by atoms with E-state index < -0.39 is 17.5 Å². The minimum absolute atomic E-state index is 0.281. The van der Waals surface area contributed by atoms with Gasteiger partial charge in [-0.05, 0) is 35.8 Å². The molecule has 0 unspecified atom stereocenters. The van der Waals surface area contributed by atoms with Crippen molar-refractivity contribution in [1.29, 1.82) is 0 Å². The van der Waals surface area contributed by atoms with E-state index in [1.807, 2.05) is 18.2 Å². The first-order valence-corrected chi connectivity index (χ1v) is 8.26. The topological polar surface area (TPSA) is 40.6 Å². The van der Waals surface area contributed by atoms with Gasteiger partial charge in [-0.3, -0.25) is 19.4 Å². The van der Waals surface area contributed by atoms with Crippen molar-refractivity contribution in [2.24, 2.45) is 0 Å². The summed E-state index contributed by atoms with van der Waals surface area (Å²) in [4.78, 5) is 27.8. The minimum Gasteiger partial charge on any atom is -0.291 e. The largest absolute Gasteiger partial charge is 0.300 e. The number of anilines is 1. The first kappa shape index (κ1) is 15.7. The van der Waals surface area contributed by atoms with Gasteiger partial charge in [-0.1, -0.05) is 36.4 Å². The Kier molecular flexibility index (Phi) is 3.93. The first-order valence-electron chi connectivity index (χ1n) is 8.26. The lowest BCUT2D eigenvalue weighted by Gasteiger charge is -2.30. The maximum absolute atomic E-state index is 13.5. The van der Waals surface area contributed by atoms with Crippen molar-refractivity contribution in [3.63, 3.8) is 0 Å². The molecule has 0 bridgehead atoms. The van der Waals surface area contributed by atoms with Gasteiger partial charge in [0.05, 0.1) is 17.9 Å². The van der Waals surface area contributed by atoms with Crippen molar-refractivity contribution in [2.75, 3.05) is 24.7 Å². The normalized spacial score (nSPS) is 17.6. The minimum atomic E-state index is -0.585. The Hall–Kier alpha value is -2.79. The number of Topliss-reactive ketones (excluding diaryl/α,β-unsaturated/α-hetero) is 1. The smallest absolute Gasteiger partial charge is 0.291 e. The van der Waals surface area contributed by atoms with Gasteiger partial charge in [-0.2, -0.15) is 0 Å². The Morgan fingerprint density at radius 2 is 1.84 bits per heavy atom. The van der Waals surface area contributed by atoms with Crippen molar-refractivity contribution in [2.45, 2.75) is 6.42 Å². The van der Waals surface area contributed by atoms with E-state index in [0.29, 0.717) is 18.9 Å². The van der Waals surface area contributed by atoms with Crippen LogP contribution in [-0.2, 0) is 4.79 Å². The molecule has 0 aliphatic carbocycles. The number of rotatable bonds is 3. The molecule has 2 heterocycles. The first-order chi connectivity index (χ1) is 12.1. The van der Waals surface area contributed by atoms with Gasteiger partial charge >= 0.3 is 5.91 Å². The quantitative estimate of drug-likeness (QED) is 0.809. The van der Waals surface area contributed by atoms with E-state index in [2.05, 4.69) is 23.1 Å². The fraction of sp³-hybridized carbons (Fsp3) is 0.200. The number of hydrogen-bond acceptors (Lipinski definition) is 3. The second-order valence-electron chi connectivity index (χ2n) is 6.29. The monoisotopic (exact) mass is 336 g/mol. The van der Waals surface area contributed by atoms with E-state index in [0.717, 1.165) is 13.0 Å². The van der Waals surface area contributed by atoms with Gasteiger partial charge in [-0.25, -0.2) is 4.39 Å². The second-order valence-corrected chi connectivity index (χ2v) is 6.29.